The van der Waals surface area contributed by atoms with E-state index in [1.54, 1.807) is 13.3 Å². The number of carbonyl (C=O) groups excluding carboxylic acids is 1. The maximum atomic E-state index is 12.5. The van der Waals surface area contributed by atoms with Gasteiger partial charge in [-0.05, 0) is 18.6 Å². The van der Waals surface area contributed by atoms with E-state index in [0.29, 0.717) is 32.8 Å². The summed E-state index contributed by atoms with van der Waals surface area (Å²) in [5.41, 5.74) is 0. The van der Waals surface area contributed by atoms with Gasteiger partial charge in [0.15, 0.2) is 11.6 Å². The van der Waals surface area contributed by atoms with Gasteiger partial charge in [-0.1, -0.05) is 0 Å². The first-order valence-corrected chi connectivity index (χ1v) is 7.40. The minimum atomic E-state index is 0.0508. The standard InChI is InChI=1S/C15H21N3O3/c1-20-13-3-2-5-16-14(13)18-6-4-12(11-18)15(19)17-7-9-21-10-8-17/h2-3,5,12H,4,6-11H2,1H3. The molecular formula is C15H21N3O3. The predicted molar refractivity (Wildman–Crippen MR) is 78.5 cm³/mol. The molecule has 6 nitrogen and oxygen atoms in total. The van der Waals surface area contributed by atoms with E-state index in [-0.39, 0.29) is 11.8 Å². The summed E-state index contributed by atoms with van der Waals surface area (Å²) in [5.74, 6) is 1.89. The lowest BCUT2D eigenvalue weighted by Gasteiger charge is -2.29. The highest BCUT2D eigenvalue weighted by Crippen LogP contribution is 2.30. The Morgan fingerprint density at radius 2 is 2.19 bits per heavy atom. The highest BCUT2D eigenvalue weighted by Gasteiger charge is 2.33. The smallest absolute Gasteiger partial charge is 0.227 e. The van der Waals surface area contributed by atoms with Crippen molar-refractivity contribution in [2.75, 3.05) is 51.4 Å². The van der Waals surface area contributed by atoms with Crippen LogP contribution in [0.4, 0.5) is 5.82 Å². The maximum Gasteiger partial charge on any atom is 0.227 e. The van der Waals surface area contributed by atoms with Gasteiger partial charge in [0.05, 0.1) is 26.2 Å². The number of nitrogens with zero attached hydrogens (tertiary/aromatic N) is 3. The van der Waals surface area contributed by atoms with Crippen molar-refractivity contribution in [2.45, 2.75) is 6.42 Å². The summed E-state index contributed by atoms with van der Waals surface area (Å²) in [6, 6.07) is 3.76. The molecule has 21 heavy (non-hydrogen) atoms. The molecule has 1 atom stereocenters. The van der Waals surface area contributed by atoms with Crippen molar-refractivity contribution >= 4 is 11.7 Å². The third-order valence-corrected chi connectivity index (χ3v) is 4.13. The van der Waals surface area contributed by atoms with Gasteiger partial charge in [-0.3, -0.25) is 4.79 Å². The van der Waals surface area contributed by atoms with Crippen LogP contribution in [0.5, 0.6) is 5.75 Å². The molecule has 2 fully saturated rings. The first kappa shape index (κ1) is 14.1. The molecule has 0 N–H and O–H groups in total. The van der Waals surface area contributed by atoms with Gasteiger partial charge in [0.2, 0.25) is 5.91 Å². The molecule has 0 spiro atoms. The van der Waals surface area contributed by atoms with Crippen LogP contribution in [0.3, 0.4) is 0 Å². The summed E-state index contributed by atoms with van der Waals surface area (Å²) in [4.78, 5) is 21.0. The van der Waals surface area contributed by atoms with Gasteiger partial charge < -0.3 is 19.3 Å². The van der Waals surface area contributed by atoms with Crippen molar-refractivity contribution in [3.05, 3.63) is 18.3 Å². The molecule has 2 aliphatic heterocycles. The largest absolute Gasteiger partial charge is 0.493 e. The van der Waals surface area contributed by atoms with E-state index in [9.17, 15) is 4.79 Å². The number of anilines is 1. The number of hydrogen-bond donors (Lipinski definition) is 0. The molecular weight excluding hydrogens is 270 g/mol. The average Bonchev–Trinajstić information content (AvgIpc) is 3.04. The van der Waals surface area contributed by atoms with E-state index >= 15 is 0 Å². The van der Waals surface area contributed by atoms with Crippen LogP contribution in [0.1, 0.15) is 6.42 Å². The fourth-order valence-corrected chi connectivity index (χ4v) is 2.98. The Labute approximate surface area is 124 Å². The molecule has 3 rings (SSSR count). The molecule has 2 saturated heterocycles. The zero-order valence-corrected chi connectivity index (χ0v) is 12.3. The number of morpholine rings is 1. The van der Waals surface area contributed by atoms with Crippen molar-refractivity contribution in [3.63, 3.8) is 0 Å². The Morgan fingerprint density at radius 1 is 1.38 bits per heavy atom. The molecule has 1 unspecified atom stereocenters. The molecule has 0 radical (unpaired) electrons. The maximum absolute atomic E-state index is 12.5. The van der Waals surface area contributed by atoms with E-state index in [0.717, 1.165) is 24.5 Å². The average molecular weight is 291 g/mol. The second kappa shape index (κ2) is 6.30. The fourth-order valence-electron chi connectivity index (χ4n) is 2.98. The van der Waals surface area contributed by atoms with Crippen LogP contribution in [-0.2, 0) is 9.53 Å². The monoisotopic (exact) mass is 291 g/mol. The molecule has 0 saturated carbocycles. The Hall–Kier alpha value is -1.82. The molecule has 114 valence electrons. The minimum Gasteiger partial charge on any atom is -0.493 e. The van der Waals surface area contributed by atoms with E-state index in [4.69, 9.17) is 9.47 Å². The number of rotatable bonds is 3. The van der Waals surface area contributed by atoms with Crippen LogP contribution in [-0.4, -0.2) is 62.3 Å². The van der Waals surface area contributed by atoms with Crippen molar-refractivity contribution in [3.8, 4) is 5.75 Å². The van der Waals surface area contributed by atoms with Crippen LogP contribution in [0.2, 0.25) is 0 Å². The van der Waals surface area contributed by atoms with Crippen LogP contribution in [0.25, 0.3) is 0 Å². The number of aromatic nitrogens is 1. The summed E-state index contributed by atoms with van der Waals surface area (Å²) in [5, 5.41) is 0. The van der Waals surface area contributed by atoms with Crippen molar-refractivity contribution in [2.24, 2.45) is 5.92 Å². The second-order valence-corrected chi connectivity index (χ2v) is 5.40. The first-order chi connectivity index (χ1) is 10.3. The highest BCUT2D eigenvalue weighted by molar-refractivity contribution is 5.80. The Morgan fingerprint density at radius 3 is 2.95 bits per heavy atom. The Bertz CT molecular complexity index is 503. The summed E-state index contributed by atoms with van der Waals surface area (Å²) < 4.78 is 10.7. The van der Waals surface area contributed by atoms with Gasteiger partial charge in [-0.2, -0.15) is 0 Å². The summed E-state index contributed by atoms with van der Waals surface area (Å²) in [7, 11) is 1.65. The third-order valence-electron chi connectivity index (χ3n) is 4.13. The summed E-state index contributed by atoms with van der Waals surface area (Å²) in [6.07, 6.45) is 2.63. The Kier molecular flexibility index (Phi) is 4.24. The number of pyridine rings is 1. The predicted octanol–water partition coefficient (Wildman–Crippen LogP) is 0.775. The number of ether oxygens (including phenoxy) is 2. The number of hydrogen-bond acceptors (Lipinski definition) is 5. The SMILES string of the molecule is COc1cccnc1N1CCC(C(=O)N2CCOCC2)C1. The molecule has 2 aliphatic rings. The van der Waals surface area contributed by atoms with Gasteiger partial charge in [0.1, 0.15) is 0 Å². The Balaban J connectivity index is 1.66. The van der Waals surface area contributed by atoms with E-state index in [1.807, 2.05) is 17.0 Å². The lowest BCUT2D eigenvalue weighted by atomic mass is 10.1. The topological polar surface area (TPSA) is 54.9 Å². The van der Waals surface area contributed by atoms with Gasteiger partial charge in [-0.15, -0.1) is 0 Å². The molecule has 0 aliphatic carbocycles. The minimum absolute atomic E-state index is 0.0508. The first-order valence-electron chi connectivity index (χ1n) is 7.40. The molecule has 1 aromatic rings. The number of methoxy groups -OCH3 is 1. The van der Waals surface area contributed by atoms with Gasteiger partial charge >= 0.3 is 0 Å². The van der Waals surface area contributed by atoms with Crippen LogP contribution in [0, 0.1) is 5.92 Å². The fraction of sp³-hybridized carbons (Fsp3) is 0.600. The zero-order valence-electron chi connectivity index (χ0n) is 12.3. The molecule has 6 heteroatoms. The normalized spacial score (nSPS) is 22.4. The number of amides is 1. The van der Waals surface area contributed by atoms with E-state index in [1.165, 1.54) is 0 Å². The molecule has 3 heterocycles. The lowest BCUT2D eigenvalue weighted by Crippen LogP contribution is -2.44. The van der Waals surface area contributed by atoms with Crippen molar-refractivity contribution in [1.82, 2.24) is 9.88 Å². The quantitative estimate of drug-likeness (QED) is 0.823. The molecule has 1 aromatic heterocycles. The van der Waals surface area contributed by atoms with Gasteiger partial charge in [0, 0.05) is 32.4 Å². The van der Waals surface area contributed by atoms with Crippen LogP contribution in [0.15, 0.2) is 18.3 Å². The van der Waals surface area contributed by atoms with E-state index in [2.05, 4.69) is 9.88 Å². The third kappa shape index (κ3) is 2.95. The molecule has 0 bridgehead atoms. The highest BCUT2D eigenvalue weighted by atomic mass is 16.5. The molecule has 0 aromatic carbocycles. The summed E-state index contributed by atoms with van der Waals surface area (Å²) >= 11 is 0. The van der Waals surface area contributed by atoms with Gasteiger partial charge in [0.25, 0.3) is 0 Å². The number of carbonyl (C=O) groups is 1. The zero-order chi connectivity index (χ0) is 14.7. The summed E-state index contributed by atoms with van der Waals surface area (Å²) in [6.45, 7) is 4.27. The van der Waals surface area contributed by atoms with Crippen molar-refractivity contribution in [1.29, 1.82) is 0 Å². The van der Waals surface area contributed by atoms with Gasteiger partial charge in [-0.25, -0.2) is 4.98 Å². The molecule has 1 amide bonds. The van der Waals surface area contributed by atoms with Crippen molar-refractivity contribution < 1.29 is 14.3 Å². The second-order valence-electron chi connectivity index (χ2n) is 5.40. The lowest BCUT2D eigenvalue weighted by molar-refractivity contribution is -0.138. The van der Waals surface area contributed by atoms with Crippen LogP contribution >= 0.6 is 0 Å². The van der Waals surface area contributed by atoms with E-state index < -0.39 is 0 Å². The van der Waals surface area contributed by atoms with Crippen LogP contribution < -0.4 is 9.64 Å².